The second-order valence-electron chi connectivity index (χ2n) is 6.04. The molecule has 0 saturated carbocycles. The number of phenolic OH excluding ortho intramolecular Hbond substituents is 1. The van der Waals surface area contributed by atoms with Crippen molar-refractivity contribution >= 4 is 26.6 Å². The van der Waals surface area contributed by atoms with E-state index in [1.165, 1.54) is 0 Å². The zero-order valence-electron chi connectivity index (χ0n) is 14.5. The number of benzene rings is 2. The van der Waals surface area contributed by atoms with Crippen molar-refractivity contribution in [3.05, 3.63) is 35.3 Å². The number of phenols is 1. The first-order chi connectivity index (χ1) is 11.9. The summed E-state index contributed by atoms with van der Waals surface area (Å²) in [5.41, 5.74) is -0.209. The van der Waals surface area contributed by atoms with Gasteiger partial charge in [-0.2, -0.15) is 8.42 Å². The number of aromatic hydroxyl groups is 1. The molecule has 7 heteroatoms. The summed E-state index contributed by atoms with van der Waals surface area (Å²) in [7, 11) is -4.05. The van der Waals surface area contributed by atoms with Gasteiger partial charge in [0.2, 0.25) is 11.1 Å². The molecular formula is C18H23N2O4S+. The quantitative estimate of drug-likeness (QED) is 0.529. The first kappa shape index (κ1) is 19.2. The molecule has 1 unspecified atom stereocenters. The van der Waals surface area contributed by atoms with Crippen molar-refractivity contribution in [1.29, 1.82) is 5.39 Å². The Bertz CT molecular complexity index is 888. The Morgan fingerprint density at radius 2 is 1.92 bits per heavy atom. The predicted molar refractivity (Wildman–Crippen MR) is 96.8 cm³/mol. The van der Waals surface area contributed by atoms with Gasteiger partial charge < -0.3 is 5.11 Å². The number of diazo groups is 1. The molecule has 0 radical (unpaired) electrons. The van der Waals surface area contributed by atoms with E-state index in [2.05, 4.69) is 11.9 Å². The lowest BCUT2D eigenvalue weighted by atomic mass is 10.0. The summed E-state index contributed by atoms with van der Waals surface area (Å²) in [6.45, 7) is 4.21. The van der Waals surface area contributed by atoms with E-state index in [1.54, 1.807) is 24.3 Å². The molecule has 1 atom stereocenters. The molecule has 6 nitrogen and oxygen atoms in total. The van der Waals surface area contributed by atoms with Gasteiger partial charge in [0.1, 0.15) is 4.90 Å². The Labute approximate surface area is 148 Å². The lowest BCUT2D eigenvalue weighted by molar-refractivity contribution is 0.238. The topological polar surface area (TPSA) is 91.8 Å². The lowest BCUT2D eigenvalue weighted by Gasteiger charge is -2.15. The molecule has 2 aromatic carbocycles. The molecule has 0 aliphatic carbocycles. The second-order valence-corrected chi connectivity index (χ2v) is 7.63. The van der Waals surface area contributed by atoms with Crippen LogP contribution in [-0.4, -0.2) is 20.1 Å². The molecule has 25 heavy (non-hydrogen) atoms. The van der Waals surface area contributed by atoms with Crippen LogP contribution < -0.4 is 0 Å². The Hall–Kier alpha value is -2.17. The highest BCUT2D eigenvalue weighted by Crippen LogP contribution is 2.39. The van der Waals surface area contributed by atoms with Crippen LogP contribution in [0.3, 0.4) is 0 Å². The average molecular weight is 363 g/mol. The van der Waals surface area contributed by atoms with Gasteiger partial charge in [0, 0.05) is 10.8 Å². The van der Waals surface area contributed by atoms with E-state index in [1.807, 2.05) is 6.92 Å². The van der Waals surface area contributed by atoms with Crippen molar-refractivity contribution in [3.8, 4) is 5.75 Å². The highest BCUT2D eigenvalue weighted by Gasteiger charge is 2.27. The third-order valence-electron chi connectivity index (χ3n) is 4.34. The van der Waals surface area contributed by atoms with Crippen LogP contribution in [0.15, 0.2) is 35.2 Å². The fourth-order valence-electron chi connectivity index (χ4n) is 2.74. The smallest absolute Gasteiger partial charge is 0.428 e. The summed E-state index contributed by atoms with van der Waals surface area (Å²) in [5, 5.41) is 19.8. The van der Waals surface area contributed by atoms with Gasteiger partial charge in [0.05, 0.1) is 12.7 Å². The minimum atomic E-state index is -4.05. The van der Waals surface area contributed by atoms with Crippen LogP contribution in [0, 0.1) is 11.3 Å². The van der Waals surface area contributed by atoms with Crippen molar-refractivity contribution in [3.63, 3.8) is 0 Å². The molecule has 0 aliphatic rings. The summed E-state index contributed by atoms with van der Waals surface area (Å²) in [6.07, 6.45) is 3.82. The molecule has 2 rings (SSSR count). The van der Waals surface area contributed by atoms with Crippen LogP contribution in [0.4, 0.5) is 5.69 Å². The van der Waals surface area contributed by atoms with Gasteiger partial charge in [-0.05, 0) is 12.3 Å². The van der Waals surface area contributed by atoms with E-state index in [4.69, 9.17) is 9.58 Å². The fraction of sp³-hybridized carbons (Fsp3) is 0.444. The maximum atomic E-state index is 12.7. The molecule has 0 aliphatic heterocycles. The molecule has 0 saturated heterocycles. The maximum absolute atomic E-state index is 12.7. The average Bonchev–Trinajstić information content (AvgIpc) is 2.62. The number of unbranched alkanes of at least 4 members (excludes halogenated alkanes) is 1. The minimum absolute atomic E-state index is 0.111. The van der Waals surface area contributed by atoms with Crippen LogP contribution in [0.5, 0.6) is 5.75 Å². The summed E-state index contributed by atoms with van der Waals surface area (Å²) in [6, 6.07) is 7.61. The third-order valence-corrected chi connectivity index (χ3v) is 5.66. The fourth-order valence-corrected chi connectivity index (χ4v) is 3.95. The van der Waals surface area contributed by atoms with Gasteiger partial charge in [-0.25, -0.2) is 0 Å². The van der Waals surface area contributed by atoms with Crippen LogP contribution in [0.2, 0.25) is 0 Å². The molecule has 134 valence electrons. The number of nitrogens with zero attached hydrogens (tertiary/aromatic N) is 2. The van der Waals surface area contributed by atoms with E-state index >= 15 is 0 Å². The van der Waals surface area contributed by atoms with Crippen molar-refractivity contribution < 1.29 is 17.7 Å². The first-order valence-electron chi connectivity index (χ1n) is 8.43. The largest absolute Gasteiger partial charge is 0.501 e. The van der Waals surface area contributed by atoms with Crippen molar-refractivity contribution in [1.82, 2.24) is 0 Å². The summed E-state index contributed by atoms with van der Waals surface area (Å²) < 4.78 is 30.7. The zero-order chi connectivity index (χ0) is 18.4. The summed E-state index contributed by atoms with van der Waals surface area (Å²) in [4.78, 5) is 2.86. The molecule has 1 N–H and O–H groups in total. The van der Waals surface area contributed by atoms with E-state index in [9.17, 15) is 13.5 Å². The van der Waals surface area contributed by atoms with Crippen molar-refractivity contribution in [2.24, 2.45) is 5.92 Å². The van der Waals surface area contributed by atoms with Gasteiger partial charge >= 0.3 is 5.69 Å². The molecule has 0 spiro atoms. The maximum Gasteiger partial charge on any atom is 0.428 e. The van der Waals surface area contributed by atoms with Crippen LogP contribution in [-0.2, 0) is 14.3 Å². The van der Waals surface area contributed by atoms with Crippen LogP contribution >= 0.6 is 0 Å². The monoisotopic (exact) mass is 363 g/mol. The van der Waals surface area contributed by atoms with E-state index < -0.39 is 10.1 Å². The van der Waals surface area contributed by atoms with Gasteiger partial charge in [-0.3, -0.25) is 4.18 Å². The first-order valence-corrected chi connectivity index (χ1v) is 9.84. The van der Waals surface area contributed by atoms with Gasteiger partial charge in [0.15, 0.2) is 4.98 Å². The standard InChI is InChI=1S/C18H22N2O4S/c1-3-5-8-13(4-2)12-24-25(22,23)17-11-16(20-19)18(21)15-10-7-6-9-14(15)17/h6-7,9-11,13H,3-5,8,12H2,1-2H3/p+1. The lowest BCUT2D eigenvalue weighted by Crippen LogP contribution is -2.15. The van der Waals surface area contributed by atoms with Crippen molar-refractivity contribution in [2.45, 2.75) is 44.4 Å². The molecular weight excluding hydrogens is 340 g/mol. The normalized spacial score (nSPS) is 12.8. The van der Waals surface area contributed by atoms with E-state index in [0.29, 0.717) is 5.39 Å². The Morgan fingerprint density at radius 1 is 1.24 bits per heavy atom. The van der Waals surface area contributed by atoms with Crippen molar-refractivity contribution in [2.75, 3.05) is 6.61 Å². The summed E-state index contributed by atoms with van der Waals surface area (Å²) >= 11 is 0. The molecule has 0 aromatic heterocycles. The second kappa shape index (κ2) is 8.28. The predicted octanol–water partition coefficient (Wildman–Crippen LogP) is 4.95. The van der Waals surface area contributed by atoms with E-state index in [0.717, 1.165) is 31.7 Å². The minimum Gasteiger partial charge on any atom is -0.501 e. The number of rotatable bonds is 8. The van der Waals surface area contributed by atoms with Gasteiger partial charge in [-0.1, -0.05) is 57.4 Å². The molecule has 0 bridgehead atoms. The molecule has 0 amide bonds. The van der Waals surface area contributed by atoms with Gasteiger partial charge in [-0.15, -0.1) is 0 Å². The molecule has 0 fully saturated rings. The Morgan fingerprint density at radius 3 is 2.52 bits per heavy atom. The highest BCUT2D eigenvalue weighted by atomic mass is 32.2. The van der Waals surface area contributed by atoms with Crippen LogP contribution in [0.25, 0.3) is 15.7 Å². The summed E-state index contributed by atoms with van der Waals surface area (Å²) in [5.74, 6) is -0.105. The zero-order valence-corrected chi connectivity index (χ0v) is 15.3. The number of fused-ring (bicyclic) bond motifs is 1. The van der Waals surface area contributed by atoms with Gasteiger partial charge in [0.25, 0.3) is 10.1 Å². The Kier molecular flexibility index (Phi) is 6.34. The van der Waals surface area contributed by atoms with Crippen LogP contribution in [0.1, 0.15) is 39.5 Å². The number of hydrogen-bond acceptors (Lipinski definition) is 5. The van der Waals surface area contributed by atoms with E-state index in [-0.39, 0.29) is 34.2 Å². The molecule has 2 aromatic rings. The SMILES string of the molecule is CCCCC(CC)COS(=O)(=O)c1cc([N+]#N)c(O)c2ccccc12. The third kappa shape index (κ3) is 4.27. The number of hydrogen-bond donors (Lipinski definition) is 1. The Balaban J connectivity index is 2.39. The molecule has 0 heterocycles. The highest BCUT2D eigenvalue weighted by molar-refractivity contribution is 7.87.